The van der Waals surface area contributed by atoms with Gasteiger partial charge in [-0.05, 0) is 67.4 Å². The monoisotopic (exact) mass is 420 g/mol. The zero-order valence-electron chi connectivity index (χ0n) is 17.5. The highest BCUT2D eigenvalue weighted by Crippen LogP contribution is 2.50. The Morgan fingerprint density at radius 1 is 0.655 bits per heavy atom. The van der Waals surface area contributed by atoms with Crippen LogP contribution in [-0.2, 0) is 10.1 Å². The van der Waals surface area contributed by atoms with E-state index in [2.05, 4.69) is 0 Å². The minimum Gasteiger partial charge on any atom is -0.507 e. The molecule has 0 radical (unpaired) electrons. The summed E-state index contributed by atoms with van der Waals surface area (Å²) in [4.78, 5) is 0.0633. The quantitative estimate of drug-likeness (QED) is 0.526. The first-order chi connectivity index (χ1) is 14.0. The molecule has 4 rings (SSSR count). The Morgan fingerprint density at radius 2 is 1.07 bits per heavy atom. The normalized spacial score (nSPS) is 23.3. The highest BCUT2D eigenvalue weighted by atomic mass is 32.2. The van der Waals surface area contributed by atoms with Crippen LogP contribution in [0.5, 0.6) is 5.75 Å². The molecule has 1 aromatic carbocycles. The highest BCUT2D eigenvalue weighted by molar-refractivity contribution is 7.86. The van der Waals surface area contributed by atoms with Gasteiger partial charge < -0.3 is 5.11 Å². The van der Waals surface area contributed by atoms with Gasteiger partial charge in [0.1, 0.15) is 10.6 Å². The minimum absolute atomic E-state index is 0.0338. The Balaban J connectivity index is 1.91. The molecule has 0 amide bonds. The zero-order valence-corrected chi connectivity index (χ0v) is 18.4. The van der Waals surface area contributed by atoms with Crippen LogP contribution in [0, 0.1) is 0 Å². The molecule has 3 saturated carbocycles. The van der Waals surface area contributed by atoms with Gasteiger partial charge in [-0.25, -0.2) is 0 Å². The van der Waals surface area contributed by atoms with E-state index in [-0.39, 0.29) is 22.5 Å². The van der Waals surface area contributed by atoms with Crippen molar-refractivity contribution in [2.75, 3.05) is 0 Å². The maximum absolute atomic E-state index is 12.6. The van der Waals surface area contributed by atoms with Crippen molar-refractivity contribution in [2.24, 2.45) is 0 Å². The lowest BCUT2D eigenvalue weighted by molar-refractivity contribution is 0.380. The number of hydrogen-bond donors (Lipinski definition) is 2. The Labute approximate surface area is 175 Å². The van der Waals surface area contributed by atoms with E-state index in [0.717, 1.165) is 81.8 Å². The molecule has 162 valence electrons. The van der Waals surface area contributed by atoms with Gasteiger partial charge in [0.2, 0.25) is 0 Å². The molecule has 0 atom stereocenters. The molecular formula is C24H36O4S. The maximum Gasteiger partial charge on any atom is 0.295 e. The average Bonchev–Trinajstić information content (AvgIpc) is 2.74. The van der Waals surface area contributed by atoms with E-state index >= 15 is 0 Å². The van der Waals surface area contributed by atoms with Gasteiger partial charge in [0.15, 0.2) is 0 Å². The lowest BCUT2D eigenvalue weighted by atomic mass is 9.75. The van der Waals surface area contributed by atoms with Crippen LogP contribution in [0.3, 0.4) is 0 Å². The summed E-state index contributed by atoms with van der Waals surface area (Å²) in [5, 5.41) is 11.4. The summed E-state index contributed by atoms with van der Waals surface area (Å²) >= 11 is 0. The first-order valence-corrected chi connectivity index (χ1v) is 13.3. The molecule has 0 bridgehead atoms. The van der Waals surface area contributed by atoms with Crippen LogP contribution in [-0.4, -0.2) is 18.1 Å². The second-order valence-electron chi connectivity index (χ2n) is 9.63. The van der Waals surface area contributed by atoms with Gasteiger partial charge >= 0.3 is 0 Å². The van der Waals surface area contributed by atoms with Crippen molar-refractivity contribution >= 4 is 10.1 Å². The molecular weight excluding hydrogens is 384 g/mol. The smallest absolute Gasteiger partial charge is 0.295 e. The van der Waals surface area contributed by atoms with Gasteiger partial charge in [-0.1, -0.05) is 63.9 Å². The van der Waals surface area contributed by atoms with Crippen molar-refractivity contribution in [3.05, 3.63) is 22.8 Å². The number of aromatic hydroxyl groups is 1. The standard InChI is InChI=1S/C24H36O4S/c25-23-20(17-10-4-1-5-11-17)16-21(18-12-6-2-7-13-18)24(29(26,27)28)22(23)19-14-8-3-9-15-19/h16-19,25H,1-15H2,(H,26,27,28). The van der Waals surface area contributed by atoms with E-state index in [1.165, 1.54) is 25.7 Å². The van der Waals surface area contributed by atoms with Gasteiger partial charge in [-0.3, -0.25) is 4.55 Å². The predicted molar refractivity (Wildman–Crippen MR) is 115 cm³/mol. The second kappa shape index (κ2) is 8.97. The van der Waals surface area contributed by atoms with Gasteiger partial charge in [-0.15, -0.1) is 0 Å². The Kier molecular flexibility index (Phi) is 6.55. The molecule has 0 spiro atoms. The molecule has 0 heterocycles. The number of benzene rings is 1. The predicted octanol–water partition coefficient (Wildman–Crippen LogP) is 6.78. The number of hydrogen-bond acceptors (Lipinski definition) is 3. The molecule has 2 N–H and O–H groups in total. The maximum atomic E-state index is 12.6. The lowest BCUT2D eigenvalue weighted by Gasteiger charge is -2.32. The Morgan fingerprint density at radius 3 is 1.52 bits per heavy atom. The van der Waals surface area contributed by atoms with Crippen molar-refractivity contribution in [1.29, 1.82) is 0 Å². The Bertz CT molecular complexity index is 812. The summed E-state index contributed by atoms with van der Waals surface area (Å²) in [7, 11) is -4.39. The fourth-order valence-electron chi connectivity index (χ4n) is 6.22. The van der Waals surface area contributed by atoms with Crippen molar-refractivity contribution in [3.8, 4) is 5.75 Å². The molecule has 4 nitrogen and oxygen atoms in total. The molecule has 3 aliphatic rings. The number of phenols is 1. The van der Waals surface area contributed by atoms with Crippen molar-refractivity contribution in [1.82, 2.24) is 0 Å². The summed E-state index contributed by atoms with van der Waals surface area (Å²) in [6.45, 7) is 0. The molecule has 0 unspecified atom stereocenters. The summed E-state index contributed by atoms with van der Waals surface area (Å²) in [5.41, 5.74) is 2.31. The zero-order chi connectivity index (χ0) is 20.4. The van der Waals surface area contributed by atoms with E-state index in [9.17, 15) is 18.1 Å². The van der Waals surface area contributed by atoms with Crippen LogP contribution in [0.4, 0.5) is 0 Å². The molecule has 3 fully saturated rings. The minimum atomic E-state index is -4.39. The third kappa shape index (κ3) is 4.51. The summed E-state index contributed by atoms with van der Waals surface area (Å²) < 4.78 is 35.6. The highest BCUT2D eigenvalue weighted by Gasteiger charge is 2.35. The van der Waals surface area contributed by atoms with E-state index in [0.29, 0.717) is 11.5 Å². The van der Waals surface area contributed by atoms with Crippen molar-refractivity contribution < 1.29 is 18.1 Å². The third-order valence-corrected chi connectivity index (χ3v) is 8.68. The van der Waals surface area contributed by atoms with Crippen molar-refractivity contribution in [3.63, 3.8) is 0 Å². The molecule has 5 heteroatoms. The third-order valence-electron chi connectivity index (χ3n) is 7.71. The SMILES string of the molecule is O=S(=O)(O)c1c(C2CCCCC2)cc(C2CCCCC2)c(O)c1C1CCCCC1. The fourth-order valence-corrected chi connectivity index (χ4v) is 7.28. The van der Waals surface area contributed by atoms with E-state index < -0.39 is 10.1 Å². The van der Waals surface area contributed by atoms with Crippen LogP contribution in [0.15, 0.2) is 11.0 Å². The molecule has 0 saturated heterocycles. The first kappa shape index (κ1) is 21.2. The van der Waals surface area contributed by atoms with E-state index in [4.69, 9.17) is 0 Å². The second-order valence-corrected chi connectivity index (χ2v) is 11.0. The topological polar surface area (TPSA) is 74.6 Å². The van der Waals surface area contributed by atoms with Crippen LogP contribution in [0.1, 0.15) is 131 Å². The first-order valence-electron chi connectivity index (χ1n) is 11.8. The van der Waals surface area contributed by atoms with Crippen LogP contribution >= 0.6 is 0 Å². The Hall–Kier alpha value is -1.07. The number of rotatable bonds is 4. The summed E-state index contributed by atoms with van der Waals surface area (Å²) in [6, 6.07) is 1.98. The molecule has 29 heavy (non-hydrogen) atoms. The largest absolute Gasteiger partial charge is 0.507 e. The molecule has 0 aliphatic heterocycles. The van der Waals surface area contributed by atoms with Crippen LogP contribution < -0.4 is 0 Å². The van der Waals surface area contributed by atoms with Gasteiger partial charge in [0.25, 0.3) is 10.1 Å². The number of phenolic OH excluding ortho intramolecular Hbond substituents is 1. The molecule has 1 aromatic rings. The van der Waals surface area contributed by atoms with Crippen LogP contribution in [0.2, 0.25) is 0 Å². The lowest BCUT2D eigenvalue weighted by Crippen LogP contribution is -2.18. The molecule has 0 aromatic heterocycles. The summed E-state index contributed by atoms with van der Waals surface area (Å²) in [6.07, 6.45) is 16.1. The fraction of sp³-hybridized carbons (Fsp3) is 0.750. The average molecular weight is 421 g/mol. The van der Waals surface area contributed by atoms with Gasteiger partial charge in [-0.2, -0.15) is 8.42 Å². The molecule has 3 aliphatic carbocycles. The van der Waals surface area contributed by atoms with E-state index in [1.54, 1.807) is 0 Å². The van der Waals surface area contributed by atoms with E-state index in [1.807, 2.05) is 6.07 Å². The summed E-state index contributed by atoms with van der Waals surface area (Å²) in [5.74, 6) is 0.692. The van der Waals surface area contributed by atoms with Gasteiger partial charge in [0.05, 0.1) is 0 Å². The van der Waals surface area contributed by atoms with Crippen molar-refractivity contribution in [2.45, 2.75) is 119 Å². The van der Waals surface area contributed by atoms with Crippen LogP contribution in [0.25, 0.3) is 0 Å². The van der Waals surface area contributed by atoms with Gasteiger partial charge in [0, 0.05) is 5.56 Å².